The van der Waals surface area contributed by atoms with Crippen LogP contribution in [0.25, 0.3) is 0 Å². The Hall–Kier alpha value is -0.580. The summed E-state index contributed by atoms with van der Waals surface area (Å²) in [6.45, 7) is 3.61. The molecule has 0 fully saturated rings. The fraction of sp³-hybridized carbons (Fsp3) is 0.500. The van der Waals surface area contributed by atoms with Crippen LogP contribution in [0.3, 0.4) is 0 Å². The smallest absolute Gasteiger partial charge is 0.311 e. The van der Waals surface area contributed by atoms with Crippen LogP contribution in [0.1, 0.15) is 31.2 Å². The first-order chi connectivity index (χ1) is 7.73. The van der Waals surface area contributed by atoms with E-state index >= 15 is 0 Å². The lowest BCUT2D eigenvalue weighted by molar-refractivity contribution is -0.139. The van der Waals surface area contributed by atoms with Crippen LogP contribution in [0.2, 0.25) is 0 Å². The topological polar surface area (TPSA) is 63.1 Å². The van der Waals surface area contributed by atoms with Crippen molar-refractivity contribution in [3.8, 4) is 0 Å². The van der Waals surface area contributed by atoms with E-state index < -0.39 is 15.7 Å². The fourth-order valence-corrected chi connectivity index (χ4v) is 1.75. The zero-order chi connectivity index (χ0) is 13.2. The van der Waals surface area contributed by atoms with Gasteiger partial charge in [-0.3, -0.25) is 4.79 Å². The third-order valence-electron chi connectivity index (χ3n) is 2.22. The highest BCUT2D eigenvalue weighted by atomic mass is 35.6. The number of aromatic nitrogens is 2. The first kappa shape index (κ1) is 14.5. The second-order valence-electron chi connectivity index (χ2n) is 3.90. The Bertz CT molecular complexity index is 401. The van der Waals surface area contributed by atoms with Gasteiger partial charge in [0, 0.05) is 18.0 Å². The van der Waals surface area contributed by atoms with E-state index in [1.165, 1.54) is 12.4 Å². The number of hydrogen-bond donors (Lipinski definition) is 1. The van der Waals surface area contributed by atoms with Gasteiger partial charge < -0.3 is 5.11 Å². The summed E-state index contributed by atoms with van der Waals surface area (Å²) >= 11 is 16.8. The molecule has 7 heteroatoms. The Kier molecular flexibility index (Phi) is 4.58. The quantitative estimate of drug-likeness (QED) is 0.871. The van der Waals surface area contributed by atoms with Crippen LogP contribution in [-0.2, 0) is 8.59 Å². The fourth-order valence-electron chi connectivity index (χ4n) is 1.46. The van der Waals surface area contributed by atoms with Gasteiger partial charge in [0.15, 0.2) is 5.82 Å². The van der Waals surface area contributed by atoms with Crippen molar-refractivity contribution in [3.63, 3.8) is 0 Å². The predicted molar refractivity (Wildman–Crippen MR) is 66.5 cm³/mol. The molecule has 1 heterocycles. The number of carbonyl (C=O) groups is 1. The minimum Gasteiger partial charge on any atom is -0.481 e. The molecular formula is C10H11Cl3N2O2. The number of aliphatic carboxylic acids is 1. The number of halogens is 3. The highest BCUT2D eigenvalue weighted by Crippen LogP contribution is 2.36. The number of carboxylic acid groups (broad SMARTS) is 1. The second-order valence-corrected chi connectivity index (χ2v) is 6.18. The van der Waals surface area contributed by atoms with Crippen molar-refractivity contribution >= 4 is 40.8 Å². The van der Waals surface area contributed by atoms with Gasteiger partial charge in [-0.15, -0.1) is 0 Å². The molecule has 94 valence electrons. The lowest BCUT2D eigenvalue weighted by atomic mass is 9.90. The number of alkyl halides is 3. The van der Waals surface area contributed by atoms with E-state index in [4.69, 9.17) is 39.9 Å². The van der Waals surface area contributed by atoms with Crippen LogP contribution in [0.4, 0.5) is 0 Å². The van der Waals surface area contributed by atoms with Crippen LogP contribution in [-0.4, -0.2) is 21.0 Å². The third kappa shape index (κ3) is 3.69. The number of rotatable bonds is 3. The SMILES string of the molecule is CC(C)[C@H](C(=O)O)c1cnc(C(Cl)(Cl)Cl)nc1. The Balaban J connectivity index is 3.05. The maximum atomic E-state index is 11.1. The molecule has 0 unspecified atom stereocenters. The summed E-state index contributed by atoms with van der Waals surface area (Å²) in [7, 11) is 0. The van der Waals surface area contributed by atoms with Crippen molar-refractivity contribution < 1.29 is 9.90 Å². The summed E-state index contributed by atoms with van der Waals surface area (Å²) in [4.78, 5) is 18.8. The molecule has 0 aliphatic heterocycles. The zero-order valence-electron chi connectivity index (χ0n) is 9.19. The van der Waals surface area contributed by atoms with Gasteiger partial charge in [-0.05, 0) is 5.92 Å². The molecule has 0 saturated carbocycles. The molecule has 0 spiro atoms. The largest absolute Gasteiger partial charge is 0.481 e. The molecule has 0 bridgehead atoms. The van der Waals surface area contributed by atoms with E-state index in [-0.39, 0.29) is 11.7 Å². The molecule has 0 saturated heterocycles. The van der Waals surface area contributed by atoms with Crippen LogP contribution < -0.4 is 0 Å². The Labute approximate surface area is 114 Å². The standard InChI is InChI=1S/C10H11Cl3N2O2/c1-5(2)7(8(16)17)6-3-14-9(15-4-6)10(11,12)13/h3-5,7H,1-2H3,(H,16,17)/t7-/m0/s1. The molecule has 1 aromatic heterocycles. The summed E-state index contributed by atoms with van der Waals surface area (Å²) in [5.74, 6) is -1.64. The van der Waals surface area contributed by atoms with Crippen LogP contribution >= 0.6 is 34.8 Å². The van der Waals surface area contributed by atoms with Crippen molar-refractivity contribution in [2.45, 2.75) is 23.6 Å². The zero-order valence-corrected chi connectivity index (χ0v) is 11.5. The Morgan fingerprint density at radius 3 is 2.06 bits per heavy atom. The monoisotopic (exact) mass is 296 g/mol. The minimum absolute atomic E-state index is 0.0270. The van der Waals surface area contributed by atoms with Gasteiger partial charge in [0.2, 0.25) is 3.79 Å². The van der Waals surface area contributed by atoms with Gasteiger partial charge in [-0.2, -0.15) is 0 Å². The van der Waals surface area contributed by atoms with E-state index in [0.29, 0.717) is 5.56 Å². The maximum absolute atomic E-state index is 11.1. The summed E-state index contributed by atoms with van der Waals surface area (Å²) in [5.41, 5.74) is 0.491. The lowest BCUT2D eigenvalue weighted by Crippen LogP contribution is -2.19. The molecule has 4 nitrogen and oxygen atoms in total. The molecule has 1 N–H and O–H groups in total. The molecule has 0 amide bonds. The molecule has 0 aliphatic rings. The van der Waals surface area contributed by atoms with Crippen molar-refractivity contribution in [2.75, 3.05) is 0 Å². The van der Waals surface area contributed by atoms with Gasteiger partial charge in [0.1, 0.15) is 0 Å². The number of hydrogen-bond acceptors (Lipinski definition) is 3. The lowest BCUT2D eigenvalue weighted by Gasteiger charge is -2.16. The van der Waals surface area contributed by atoms with Gasteiger partial charge in [-0.1, -0.05) is 48.7 Å². The molecule has 1 atom stereocenters. The first-order valence-corrected chi connectivity index (χ1v) is 5.98. The van der Waals surface area contributed by atoms with Gasteiger partial charge >= 0.3 is 5.97 Å². The predicted octanol–water partition coefficient (Wildman–Crippen LogP) is 3.13. The van der Waals surface area contributed by atoms with Crippen molar-refractivity contribution in [2.24, 2.45) is 5.92 Å². The van der Waals surface area contributed by atoms with Gasteiger partial charge in [-0.25, -0.2) is 9.97 Å². The van der Waals surface area contributed by atoms with E-state index in [0.717, 1.165) is 0 Å². The van der Waals surface area contributed by atoms with Crippen LogP contribution in [0, 0.1) is 5.92 Å². The van der Waals surface area contributed by atoms with Crippen LogP contribution in [0.5, 0.6) is 0 Å². The summed E-state index contributed by atoms with van der Waals surface area (Å²) in [6.07, 6.45) is 2.76. The van der Waals surface area contributed by atoms with Gasteiger partial charge in [0.05, 0.1) is 5.92 Å². The van der Waals surface area contributed by atoms with Crippen molar-refractivity contribution in [3.05, 3.63) is 23.8 Å². The number of nitrogens with zero attached hydrogens (tertiary/aromatic N) is 2. The van der Waals surface area contributed by atoms with Crippen molar-refractivity contribution in [1.82, 2.24) is 9.97 Å². The second kappa shape index (κ2) is 5.38. The summed E-state index contributed by atoms with van der Waals surface area (Å²) in [5, 5.41) is 9.09. The molecule has 17 heavy (non-hydrogen) atoms. The van der Waals surface area contributed by atoms with Crippen LogP contribution in [0.15, 0.2) is 12.4 Å². The van der Waals surface area contributed by atoms with E-state index in [2.05, 4.69) is 9.97 Å². The first-order valence-electron chi connectivity index (χ1n) is 4.85. The molecule has 1 rings (SSSR count). The van der Waals surface area contributed by atoms with E-state index in [9.17, 15) is 4.79 Å². The third-order valence-corrected chi connectivity index (χ3v) is 2.72. The Morgan fingerprint density at radius 2 is 1.76 bits per heavy atom. The highest BCUT2D eigenvalue weighted by Gasteiger charge is 2.28. The van der Waals surface area contributed by atoms with E-state index in [1.807, 2.05) is 13.8 Å². The summed E-state index contributed by atoms with van der Waals surface area (Å²) < 4.78 is -1.70. The highest BCUT2D eigenvalue weighted by molar-refractivity contribution is 6.66. The Morgan fingerprint density at radius 1 is 1.29 bits per heavy atom. The number of carboxylic acids is 1. The average molecular weight is 298 g/mol. The van der Waals surface area contributed by atoms with E-state index in [1.54, 1.807) is 0 Å². The minimum atomic E-state index is -1.70. The summed E-state index contributed by atoms with van der Waals surface area (Å²) in [6, 6.07) is 0. The molecule has 0 radical (unpaired) electrons. The molecule has 0 aliphatic carbocycles. The molecule has 1 aromatic rings. The maximum Gasteiger partial charge on any atom is 0.311 e. The normalized spacial score (nSPS) is 13.8. The van der Waals surface area contributed by atoms with Crippen molar-refractivity contribution in [1.29, 1.82) is 0 Å². The molecule has 0 aromatic carbocycles. The molecular weight excluding hydrogens is 286 g/mol. The van der Waals surface area contributed by atoms with Gasteiger partial charge in [0.25, 0.3) is 0 Å². The average Bonchev–Trinajstić information content (AvgIpc) is 2.15.